The molecule has 5 heteroatoms. The van der Waals surface area contributed by atoms with Crippen molar-refractivity contribution in [3.8, 4) is 0 Å². The van der Waals surface area contributed by atoms with E-state index in [0.717, 1.165) is 11.1 Å². The van der Waals surface area contributed by atoms with Gasteiger partial charge in [-0.15, -0.1) is 0 Å². The first-order chi connectivity index (χ1) is 10.8. The van der Waals surface area contributed by atoms with Crippen molar-refractivity contribution >= 4 is 11.9 Å². The summed E-state index contributed by atoms with van der Waals surface area (Å²) in [6, 6.07) is 7.12. The summed E-state index contributed by atoms with van der Waals surface area (Å²) in [5.41, 5.74) is 7.29. The zero-order valence-corrected chi connectivity index (χ0v) is 14.3. The molecular weight excluding hydrogens is 292 g/mol. The Morgan fingerprint density at radius 1 is 1.35 bits per heavy atom. The Balaban J connectivity index is 2.28. The Kier molecular flexibility index (Phi) is 5.09. The molecule has 2 unspecified atom stereocenters. The van der Waals surface area contributed by atoms with Crippen LogP contribution in [-0.4, -0.2) is 36.5 Å². The molecule has 1 saturated heterocycles. The first-order valence-electron chi connectivity index (χ1n) is 8.04. The van der Waals surface area contributed by atoms with Crippen LogP contribution in [0.5, 0.6) is 0 Å². The van der Waals surface area contributed by atoms with Crippen molar-refractivity contribution in [3.63, 3.8) is 0 Å². The highest BCUT2D eigenvalue weighted by Crippen LogP contribution is 2.33. The molecule has 1 aromatic rings. The van der Waals surface area contributed by atoms with Gasteiger partial charge in [-0.2, -0.15) is 0 Å². The van der Waals surface area contributed by atoms with Crippen LogP contribution in [0.1, 0.15) is 37.8 Å². The normalized spacial score (nSPS) is 22.5. The summed E-state index contributed by atoms with van der Waals surface area (Å²) in [5, 5.41) is 0. The average molecular weight is 318 g/mol. The van der Waals surface area contributed by atoms with E-state index < -0.39 is 11.6 Å². The molecule has 126 valence electrons. The van der Waals surface area contributed by atoms with Crippen LogP contribution in [-0.2, 0) is 19.9 Å². The number of carbonyl (C=O) groups excluding carboxylic acids is 2. The van der Waals surface area contributed by atoms with Gasteiger partial charge in [0, 0.05) is 6.54 Å². The molecule has 0 aliphatic carbocycles. The minimum absolute atomic E-state index is 0.197. The first-order valence-corrected chi connectivity index (χ1v) is 8.04. The fraction of sp³-hybridized carbons (Fsp3) is 0.556. The van der Waals surface area contributed by atoms with Crippen molar-refractivity contribution in [1.29, 1.82) is 0 Å². The fourth-order valence-electron chi connectivity index (χ4n) is 3.11. The standard InChI is InChI=1S/C18H26N2O3/c1-12(2)11-15(16(21)23-4)20-10-9-18(19,17(20)22)14-7-5-13(3)6-8-14/h5-8,12,15H,9-11,19H2,1-4H3. The van der Waals surface area contributed by atoms with E-state index in [4.69, 9.17) is 10.5 Å². The molecule has 1 heterocycles. The summed E-state index contributed by atoms with van der Waals surface area (Å²) in [4.78, 5) is 26.7. The number of rotatable bonds is 5. The third-order valence-corrected chi connectivity index (χ3v) is 4.50. The van der Waals surface area contributed by atoms with Gasteiger partial charge in [0.2, 0.25) is 5.91 Å². The monoisotopic (exact) mass is 318 g/mol. The van der Waals surface area contributed by atoms with E-state index >= 15 is 0 Å². The highest BCUT2D eigenvalue weighted by Gasteiger charge is 2.48. The second-order valence-electron chi connectivity index (χ2n) is 6.75. The van der Waals surface area contributed by atoms with Gasteiger partial charge in [-0.3, -0.25) is 4.79 Å². The topological polar surface area (TPSA) is 72.6 Å². The van der Waals surface area contributed by atoms with Crippen molar-refractivity contribution in [2.75, 3.05) is 13.7 Å². The van der Waals surface area contributed by atoms with Crippen LogP contribution in [0.2, 0.25) is 0 Å². The number of hydrogen-bond donors (Lipinski definition) is 1. The lowest BCUT2D eigenvalue weighted by atomic mass is 9.89. The molecule has 1 aliphatic heterocycles. The molecule has 1 amide bonds. The van der Waals surface area contributed by atoms with Gasteiger partial charge in [0.15, 0.2) is 0 Å². The number of hydrogen-bond acceptors (Lipinski definition) is 4. The van der Waals surface area contributed by atoms with E-state index in [1.54, 1.807) is 4.90 Å². The maximum Gasteiger partial charge on any atom is 0.328 e. The number of benzene rings is 1. The molecule has 0 bridgehead atoms. The Labute approximate surface area is 137 Å². The molecule has 2 rings (SSSR count). The van der Waals surface area contributed by atoms with Crippen LogP contribution in [0.25, 0.3) is 0 Å². The van der Waals surface area contributed by atoms with Crippen LogP contribution >= 0.6 is 0 Å². The molecule has 2 N–H and O–H groups in total. The summed E-state index contributed by atoms with van der Waals surface area (Å²) < 4.78 is 4.89. The van der Waals surface area contributed by atoms with Gasteiger partial charge in [0.05, 0.1) is 7.11 Å². The number of ether oxygens (including phenoxy) is 1. The number of nitrogens with zero attached hydrogens (tertiary/aromatic N) is 1. The predicted molar refractivity (Wildman–Crippen MR) is 88.6 cm³/mol. The van der Waals surface area contributed by atoms with Crippen LogP contribution in [0.3, 0.4) is 0 Å². The number of methoxy groups -OCH3 is 1. The van der Waals surface area contributed by atoms with Crippen LogP contribution in [0.15, 0.2) is 24.3 Å². The van der Waals surface area contributed by atoms with E-state index in [-0.39, 0.29) is 17.8 Å². The first kappa shape index (κ1) is 17.5. The minimum atomic E-state index is -1.06. The molecule has 5 nitrogen and oxygen atoms in total. The van der Waals surface area contributed by atoms with Crippen LogP contribution in [0.4, 0.5) is 0 Å². The zero-order valence-electron chi connectivity index (χ0n) is 14.3. The Hall–Kier alpha value is -1.88. The van der Waals surface area contributed by atoms with Crippen molar-refractivity contribution in [3.05, 3.63) is 35.4 Å². The molecule has 0 saturated carbocycles. The van der Waals surface area contributed by atoms with E-state index in [1.165, 1.54) is 7.11 Å². The highest BCUT2D eigenvalue weighted by molar-refractivity contribution is 5.93. The third kappa shape index (κ3) is 3.39. The maximum atomic E-state index is 12.9. The number of likely N-dealkylation sites (tertiary alicyclic amines) is 1. The van der Waals surface area contributed by atoms with Crippen molar-refractivity contribution < 1.29 is 14.3 Å². The SMILES string of the molecule is COC(=O)C(CC(C)C)N1CCC(N)(c2ccc(C)cc2)C1=O. The maximum absolute atomic E-state index is 12.9. The summed E-state index contributed by atoms with van der Waals surface area (Å²) in [6.45, 7) is 6.50. The van der Waals surface area contributed by atoms with E-state index in [0.29, 0.717) is 19.4 Å². The Morgan fingerprint density at radius 2 is 1.96 bits per heavy atom. The number of amides is 1. The number of esters is 1. The Bertz CT molecular complexity index is 582. The largest absolute Gasteiger partial charge is 0.467 e. The molecular formula is C18H26N2O3. The van der Waals surface area contributed by atoms with Gasteiger partial charge in [-0.1, -0.05) is 43.7 Å². The van der Waals surface area contributed by atoms with Crippen molar-refractivity contribution in [2.45, 2.75) is 45.2 Å². The summed E-state index contributed by atoms with van der Waals surface area (Å²) >= 11 is 0. The van der Waals surface area contributed by atoms with Gasteiger partial charge in [-0.25, -0.2) is 4.79 Å². The lowest BCUT2D eigenvalue weighted by molar-refractivity contribution is -0.153. The molecule has 0 radical (unpaired) electrons. The lowest BCUT2D eigenvalue weighted by Crippen LogP contribution is -2.50. The van der Waals surface area contributed by atoms with Gasteiger partial charge in [0.25, 0.3) is 0 Å². The zero-order chi connectivity index (χ0) is 17.2. The van der Waals surface area contributed by atoms with E-state index in [9.17, 15) is 9.59 Å². The molecule has 1 aromatic carbocycles. The number of carbonyl (C=O) groups is 2. The second-order valence-corrected chi connectivity index (χ2v) is 6.75. The van der Waals surface area contributed by atoms with E-state index in [2.05, 4.69) is 0 Å². The van der Waals surface area contributed by atoms with Gasteiger partial charge in [-0.05, 0) is 31.2 Å². The molecule has 0 spiro atoms. The lowest BCUT2D eigenvalue weighted by Gasteiger charge is -2.29. The van der Waals surface area contributed by atoms with Gasteiger partial charge < -0.3 is 15.4 Å². The molecule has 23 heavy (non-hydrogen) atoms. The molecule has 2 atom stereocenters. The highest BCUT2D eigenvalue weighted by atomic mass is 16.5. The number of aryl methyl sites for hydroxylation is 1. The smallest absolute Gasteiger partial charge is 0.328 e. The summed E-state index contributed by atoms with van der Waals surface area (Å²) in [5.74, 6) is -0.295. The van der Waals surface area contributed by atoms with Gasteiger partial charge in [0.1, 0.15) is 11.6 Å². The second kappa shape index (κ2) is 6.71. The minimum Gasteiger partial charge on any atom is -0.467 e. The molecule has 1 fully saturated rings. The van der Waals surface area contributed by atoms with Crippen molar-refractivity contribution in [1.82, 2.24) is 4.90 Å². The molecule has 1 aliphatic rings. The Morgan fingerprint density at radius 3 is 2.48 bits per heavy atom. The molecule has 0 aromatic heterocycles. The fourth-order valence-corrected chi connectivity index (χ4v) is 3.11. The van der Waals surface area contributed by atoms with Crippen LogP contribution in [0, 0.1) is 12.8 Å². The number of nitrogens with two attached hydrogens (primary N) is 1. The quantitative estimate of drug-likeness (QED) is 0.843. The van der Waals surface area contributed by atoms with Crippen molar-refractivity contribution in [2.24, 2.45) is 11.7 Å². The van der Waals surface area contributed by atoms with E-state index in [1.807, 2.05) is 45.0 Å². The average Bonchev–Trinajstić information content (AvgIpc) is 2.81. The van der Waals surface area contributed by atoms with Gasteiger partial charge >= 0.3 is 5.97 Å². The summed E-state index contributed by atoms with van der Waals surface area (Å²) in [6.07, 6.45) is 1.07. The predicted octanol–water partition coefficient (Wildman–Crippen LogP) is 1.97. The summed E-state index contributed by atoms with van der Waals surface area (Å²) in [7, 11) is 1.35. The van der Waals surface area contributed by atoms with Crippen LogP contribution < -0.4 is 5.73 Å². The third-order valence-electron chi connectivity index (χ3n) is 4.50.